The van der Waals surface area contributed by atoms with E-state index < -0.39 is 24.5 Å². The quantitative estimate of drug-likeness (QED) is 0.655. The van der Waals surface area contributed by atoms with Crippen LogP contribution in [0.2, 0.25) is 5.15 Å². The first-order chi connectivity index (χ1) is 9.13. The van der Waals surface area contributed by atoms with Crippen molar-refractivity contribution in [3.05, 3.63) is 23.7 Å². The number of fused-ring (bicyclic) bond motifs is 1. The largest absolute Gasteiger partial charge is 0.394 e. The predicted molar refractivity (Wildman–Crippen MR) is 65.5 cm³/mol. The van der Waals surface area contributed by atoms with Crippen molar-refractivity contribution >= 4 is 22.6 Å². The van der Waals surface area contributed by atoms with Gasteiger partial charge in [0.15, 0.2) is 6.23 Å². The minimum atomic E-state index is -1.15. The Morgan fingerprint density at radius 1 is 1.32 bits per heavy atom. The molecule has 1 saturated heterocycles. The SMILES string of the molecule is OC[C@@H]1O[C@H](n2ccc3c(Cl)ncnc32)[C@@H](O)[C@H]1O. The monoisotopic (exact) mass is 285 g/mol. The minimum Gasteiger partial charge on any atom is -0.394 e. The number of aromatic nitrogens is 3. The molecule has 0 radical (unpaired) electrons. The lowest BCUT2D eigenvalue weighted by Crippen LogP contribution is -2.33. The molecule has 0 amide bonds. The van der Waals surface area contributed by atoms with Crippen LogP contribution in [0.25, 0.3) is 11.0 Å². The molecule has 1 aliphatic heterocycles. The molecule has 3 heterocycles. The number of nitrogens with zero attached hydrogens (tertiary/aromatic N) is 3. The van der Waals surface area contributed by atoms with Crippen LogP contribution in [0.5, 0.6) is 0 Å². The number of halogens is 1. The normalized spacial score (nSPS) is 31.2. The van der Waals surface area contributed by atoms with Crippen molar-refractivity contribution in [2.75, 3.05) is 6.61 Å². The Morgan fingerprint density at radius 3 is 2.79 bits per heavy atom. The van der Waals surface area contributed by atoms with Crippen molar-refractivity contribution in [2.45, 2.75) is 24.5 Å². The molecule has 2 aromatic heterocycles. The summed E-state index contributed by atoms with van der Waals surface area (Å²) in [7, 11) is 0. The van der Waals surface area contributed by atoms with E-state index in [1.165, 1.54) is 6.33 Å². The predicted octanol–water partition coefficient (Wildman–Crippen LogP) is -0.304. The summed E-state index contributed by atoms with van der Waals surface area (Å²) in [5, 5.41) is 29.7. The van der Waals surface area contributed by atoms with Crippen LogP contribution >= 0.6 is 11.6 Å². The standard InChI is InChI=1S/C11H12ClN3O4/c12-9-5-1-2-15(10(5)14-4-13-9)11-8(18)7(17)6(3-16)19-11/h1-2,4,6-8,11,16-18H,3H2/t6-,7-,8-,11-/m0/s1. The van der Waals surface area contributed by atoms with E-state index in [4.69, 9.17) is 21.4 Å². The van der Waals surface area contributed by atoms with Crippen LogP contribution in [-0.2, 0) is 4.74 Å². The van der Waals surface area contributed by atoms with Crippen molar-refractivity contribution in [1.82, 2.24) is 14.5 Å². The zero-order chi connectivity index (χ0) is 13.6. The van der Waals surface area contributed by atoms with Crippen molar-refractivity contribution < 1.29 is 20.1 Å². The van der Waals surface area contributed by atoms with E-state index in [0.717, 1.165) is 0 Å². The Bertz CT molecular complexity index is 605. The zero-order valence-corrected chi connectivity index (χ0v) is 10.5. The molecule has 3 N–H and O–H groups in total. The second kappa shape index (κ2) is 4.69. The molecule has 19 heavy (non-hydrogen) atoms. The van der Waals surface area contributed by atoms with Crippen molar-refractivity contribution in [2.24, 2.45) is 0 Å². The summed E-state index contributed by atoms with van der Waals surface area (Å²) >= 11 is 5.94. The molecule has 0 aromatic carbocycles. The first-order valence-electron chi connectivity index (χ1n) is 5.73. The number of rotatable bonds is 2. The van der Waals surface area contributed by atoms with E-state index in [1.807, 2.05) is 0 Å². The van der Waals surface area contributed by atoms with Crippen LogP contribution in [0.4, 0.5) is 0 Å². The molecule has 0 aliphatic carbocycles. The first-order valence-corrected chi connectivity index (χ1v) is 6.10. The third-order valence-corrected chi connectivity index (χ3v) is 3.55. The van der Waals surface area contributed by atoms with Crippen LogP contribution in [-0.4, -0.2) is 54.8 Å². The molecule has 1 aliphatic rings. The third kappa shape index (κ3) is 1.90. The summed E-state index contributed by atoms with van der Waals surface area (Å²) in [6, 6.07) is 1.70. The van der Waals surface area contributed by atoms with Crippen LogP contribution in [0, 0.1) is 0 Å². The van der Waals surface area contributed by atoms with Gasteiger partial charge in [-0.05, 0) is 6.07 Å². The number of hydrogen-bond donors (Lipinski definition) is 3. The van der Waals surface area contributed by atoms with E-state index in [2.05, 4.69) is 9.97 Å². The number of aliphatic hydroxyl groups is 3. The summed E-state index contributed by atoms with van der Waals surface area (Å²) in [6.45, 7) is -0.371. The summed E-state index contributed by atoms with van der Waals surface area (Å²) < 4.78 is 7.00. The van der Waals surface area contributed by atoms with E-state index in [1.54, 1.807) is 16.8 Å². The van der Waals surface area contributed by atoms with Gasteiger partial charge in [-0.3, -0.25) is 0 Å². The maximum absolute atomic E-state index is 9.98. The molecule has 2 aromatic rings. The van der Waals surface area contributed by atoms with Gasteiger partial charge < -0.3 is 24.6 Å². The summed E-state index contributed by atoms with van der Waals surface area (Å²) in [5.41, 5.74) is 0.495. The van der Waals surface area contributed by atoms with E-state index in [-0.39, 0.29) is 6.61 Å². The Kier molecular flexibility index (Phi) is 3.15. The Balaban J connectivity index is 2.04. The Labute approximate surface area is 113 Å². The maximum Gasteiger partial charge on any atom is 0.164 e. The van der Waals surface area contributed by atoms with Gasteiger partial charge in [0.05, 0.1) is 12.0 Å². The fraction of sp³-hybridized carbons (Fsp3) is 0.455. The van der Waals surface area contributed by atoms with Gasteiger partial charge in [0.25, 0.3) is 0 Å². The molecular weight excluding hydrogens is 274 g/mol. The molecule has 7 nitrogen and oxygen atoms in total. The topological polar surface area (TPSA) is 101 Å². The summed E-state index contributed by atoms with van der Waals surface area (Å²) in [5.74, 6) is 0. The summed E-state index contributed by atoms with van der Waals surface area (Å²) in [6.07, 6.45) is -0.995. The van der Waals surface area contributed by atoms with Gasteiger partial charge in [-0.25, -0.2) is 9.97 Å². The van der Waals surface area contributed by atoms with Gasteiger partial charge in [-0.1, -0.05) is 11.6 Å². The van der Waals surface area contributed by atoms with Crippen LogP contribution in [0.15, 0.2) is 18.6 Å². The van der Waals surface area contributed by atoms with Gasteiger partial charge in [0.1, 0.15) is 35.4 Å². The molecule has 0 spiro atoms. The molecule has 8 heteroatoms. The van der Waals surface area contributed by atoms with Gasteiger partial charge in [-0.2, -0.15) is 0 Å². The lowest BCUT2D eigenvalue weighted by Gasteiger charge is -2.17. The highest BCUT2D eigenvalue weighted by molar-refractivity contribution is 6.33. The molecule has 0 unspecified atom stereocenters. The molecule has 1 fully saturated rings. The highest BCUT2D eigenvalue weighted by Crippen LogP contribution is 2.32. The molecule has 0 saturated carbocycles. The van der Waals surface area contributed by atoms with Crippen LogP contribution in [0.1, 0.15) is 6.23 Å². The van der Waals surface area contributed by atoms with Gasteiger partial charge >= 0.3 is 0 Å². The molecular formula is C11H12ClN3O4. The van der Waals surface area contributed by atoms with Gasteiger partial charge in [-0.15, -0.1) is 0 Å². The highest BCUT2D eigenvalue weighted by atomic mass is 35.5. The van der Waals surface area contributed by atoms with Crippen LogP contribution in [0.3, 0.4) is 0 Å². The third-order valence-electron chi connectivity index (χ3n) is 3.25. The number of ether oxygens (including phenoxy) is 1. The van der Waals surface area contributed by atoms with Gasteiger partial charge in [0, 0.05) is 6.20 Å². The Hall–Kier alpha value is -1.25. The molecule has 102 valence electrons. The van der Waals surface area contributed by atoms with E-state index in [0.29, 0.717) is 16.2 Å². The van der Waals surface area contributed by atoms with Crippen molar-refractivity contribution in [3.63, 3.8) is 0 Å². The maximum atomic E-state index is 9.98. The lowest BCUT2D eigenvalue weighted by atomic mass is 10.1. The molecule has 4 atom stereocenters. The van der Waals surface area contributed by atoms with Gasteiger partial charge in [0.2, 0.25) is 0 Å². The lowest BCUT2D eigenvalue weighted by molar-refractivity contribution is -0.0508. The minimum absolute atomic E-state index is 0.301. The van der Waals surface area contributed by atoms with E-state index >= 15 is 0 Å². The second-order valence-corrected chi connectivity index (χ2v) is 4.71. The van der Waals surface area contributed by atoms with Crippen LogP contribution < -0.4 is 0 Å². The Morgan fingerprint density at radius 2 is 2.11 bits per heavy atom. The average molecular weight is 286 g/mol. The fourth-order valence-electron chi connectivity index (χ4n) is 2.26. The highest BCUT2D eigenvalue weighted by Gasteiger charge is 2.43. The fourth-order valence-corrected chi connectivity index (χ4v) is 2.45. The first kappa shape index (κ1) is 12.8. The zero-order valence-electron chi connectivity index (χ0n) is 9.72. The number of aliphatic hydroxyl groups excluding tert-OH is 3. The second-order valence-electron chi connectivity index (χ2n) is 4.35. The van der Waals surface area contributed by atoms with E-state index in [9.17, 15) is 10.2 Å². The smallest absolute Gasteiger partial charge is 0.164 e. The van der Waals surface area contributed by atoms with Crippen molar-refractivity contribution in [1.29, 1.82) is 0 Å². The molecule has 0 bridgehead atoms. The van der Waals surface area contributed by atoms with Crippen molar-refractivity contribution in [3.8, 4) is 0 Å². The number of hydrogen-bond acceptors (Lipinski definition) is 6. The average Bonchev–Trinajstić information content (AvgIpc) is 2.94. The molecule has 3 rings (SSSR count). The summed E-state index contributed by atoms with van der Waals surface area (Å²) in [4.78, 5) is 7.95.